The zero-order valence-corrected chi connectivity index (χ0v) is 23.6. The Morgan fingerprint density at radius 2 is 0.791 bits per heavy atom. The Balaban J connectivity index is 1.19. The SMILES string of the molecule is c1ccc(-c2cc(-c3ccccc3)nc(-c3ccc(-c4cccc(-n5c6ccccc6c6ccccc65)c4)cc3)c2)cc1. The number of para-hydroxylation sites is 2. The number of rotatable bonds is 5. The predicted molar refractivity (Wildman–Crippen MR) is 180 cm³/mol. The first-order valence-corrected chi connectivity index (χ1v) is 14.6. The van der Waals surface area contributed by atoms with Crippen molar-refractivity contribution in [3.63, 3.8) is 0 Å². The van der Waals surface area contributed by atoms with Crippen molar-refractivity contribution in [1.82, 2.24) is 9.55 Å². The maximum absolute atomic E-state index is 5.10. The van der Waals surface area contributed by atoms with Crippen LogP contribution in [0.4, 0.5) is 0 Å². The molecule has 8 aromatic rings. The normalized spacial score (nSPS) is 11.3. The molecule has 0 N–H and O–H groups in total. The molecule has 0 bridgehead atoms. The molecule has 6 aromatic carbocycles. The van der Waals surface area contributed by atoms with Crippen molar-refractivity contribution >= 4 is 21.8 Å². The quantitative estimate of drug-likeness (QED) is 0.209. The van der Waals surface area contributed by atoms with Gasteiger partial charge in [0.05, 0.1) is 22.4 Å². The van der Waals surface area contributed by atoms with E-state index in [1.807, 2.05) is 6.07 Å². The molecular weight excluding hydrogens is 520 g/mol. The van der Waals surface area contributed by atoms with Crippen LogP contribution in [0.1, 0.15) is 0 Å². The van der Waals surface area contributed by atoms with E-state index in [1.165, 1.54) is 38.5 Å². The van der Waals surface area contributed by atoms with Crippen LogP contribution in [0.15, 0.2) is 170 Å². The van der Waals surface area contributed by atoms with E-state index >= 15 is 0 Å². The van der Waals surface area contributed by atoms with Crippen molar-refractivity contribution in [3.05, 3.63) is 170 Å². The number of benzene rings is 6. The average molecular weight is 549 g/mol. The standard InChI is InChI=1S/C41H28N2/c1-3-12-29(13-4-1)34-27-38(31-14-5-2-6-15-31)42-39(28-34)32-24-22-30(23-25-32)33-16-11-17-35(26-33)43-40-20-9-7-18-36(40)37-19-8-10-21-41(37)43/h1-28H. The second-order valence-corrected chi connectivity index (χ2v) is 10.9. The number of nitrogens with zero attached hydrogens (tertiary/aromatic N) is 2. The summed E-state index contributed by atoms with van der Waals surface area (Å²) >= 11 is 0. The van der Waals surface area contributed by atoms with E-state index in [0.29, 0.717) is 0 Å². The van der Waals surface area contributed by atoms with Crippen molar-refractivity contribution < 1.29 is 0 Å². The lowest BCUT2D eigenvalue weighted by Gasteiger charge is -2.12. The molecule has 0 amide bonds. The Kier molecular flexibility index (Phi) is 6.16. The van der Waals surface area contributed by atoms with E-state index < -0.39 is 0 Å². The first-order chi connectivity index (χ1) is 21.3. The summed E-state index contributed by atoms with van der Waals surface area (Å²) in [7, 11) is 0. The van der Waals surface area contributed by atoms with Gasteiger partial charge in [0.25, 0.3) is 0 Å². The van der Waals surface area contributed by atoms with E-state index in [1.54, 1.807) is 0 Å². The highest BCUT2D eigenvalue weighted by Gasteiger charge is 2.13. The van der Waals surface area contributed by atoms with Gasteiger partial charge >= 0.3 is 0 Å². The lowest BCUT2D eigenvalue weighted by Crippen LogP contribution is -1.94. The van der Waals surface area contributed by atoms with Crippen LogP contribution >= 0.6 is 0 Å². The van der Waals surface area contributed by atoms with Crippen molar-refractivity contribution in [2.75, 3.05) is 0 Å². The van der Waals surface area contributed by atoms with Crippen molar-refractivity contribution in [1.29, 1.82) is 0 Å². The highest BCUT2D eigenvalue weighted by molar-refractivity contribution is 6.09. The monoisotopic (exact) mass is 548 g/mol. The van der Waals surface area contributed by atoms with Gasteiger partial charge in [-0.3, -0.25) is 0 Å². The van der Waals surface area contributed by atoms with Gasteiger partial charge in [-0.05, 0) is 58.7 Å². The summed E-state index contributed by atoms with van der Waals surface area (Å²) < 4.78 is 2.37. The summed E-state index contributed by atoms with van der Waals surface area (Å²) in [6.45, 7) is 0. The summed E-state index contributed by atoms with van der Waals surface area (Å²) in [5.74, 6) is 0. The fourth-order valence-electron chi connectivity index (χ4n) is 6.09. The highest BCUT2D eigenvalue weighted by Crippen LogP contribution is 2.34. The number of hydrogen-bond donors (Lipinski definition) is 0. The second-order valence-electron chi connectivity index (χ2n) is 10.9. The summed E-state index contributed by atoms with van der Waals surface area (Å²) in [4.78, 5) is 5.10. The minimum Gasteiger partial charge on any atom is -0.309 e. The molecule has 2 aromatic heterocycles. The van der Waals surface area contributed by atoms with E-state index in [2.05, 4.69) is 168 Å². The Bertz CT molecular complexity index is 2100. The Morgan fingerprint density at radius 1 is 0.326 bits per heavy atom. The van der Waals surface area contributed by atoms with Crippen LogP contribution in [-0.4, -0.2) is 9.55 Å². The zero-order chi connectivity index (χ0) is 28.6. The molecule has 0 spiro atoms. The Labute approximate surface area is 251 Å². The van der Waals surface area contributed by atoms with Crippen LogP contribution in [0.2, 0.25) is 0 Å². The average Bonchev–Trinajstić information content (AvgIpc) is 3.43. The molecule has 0 aliphatic heterocycles. The molecule has 0 fully saturated rings. The third-order valence-electron chi connectivity index (χ3n) is 8.20. The molecule has 43 heavy (non-hydrogen) atoms. The lowest BCUT2D eigenvalue weighted by molar-refractivity contribution is 1.18. The van der Waals surface area contributed by atoms with E-state index in [0.717, 1.165) is 33.8 Å². The number of pyridine rings is 1. The molecule has 0 radical (unpaired) electrons. The third-order valence-corrected chi connectivity index (χ3v) is 8.20. The molecule has 2 heteroatoms. The van der Waals surface area contributed by atoms with Crippen LogP contribution in [0.3, 0.4) is 0 Å². The topological polar surface area (TPSA) is 17.8 Å². The predicted octanol–water partition coefficient (Wildman–Crippen LogP) is 10.8. The lowest BCUT2D eigenvalue weighted by atomic mass is 9.98. The summed E-state index contributed by atoms with van der Waals surface area (Å²) in [6.07, 6.45) is 0. The van der Waals surface area contributed by atoms with Gasteiger partial charge in [-0.25, -0.2) is 4.98 Å². The van der Waals surface area contributed by atoms with Crippen LogP contribution in [0, 0.1) is 0 Å². The molecule has 202 valence electrons. The van der Waals surface area contributed by atoms with E-state index in [4.69, 9.17) is 4.98 Å². The summed E-state index contributed by atoms with van der Waals surface area (Å²) in [6, 6.07) is 60.2. The van der Waals surface area contributed by atoms with Crippen molar-refractivity contribution in [2.45, 2.75) is 0 Å². The zero-order valence-electron chi connectivity index (χ0n) is 23.6. The van der Waals surface area contributed by atoms with Gasteiger partial charge in [-0.1, -0.05) is 133 Å². The van der Waals surface area contributed by atoms with E-state index in [-0.39, 0.29) is 0 Å². The minimum absolute atomic E-state index is 0.964. The number of fused-ring (bicyclic) bond motifs is 3. The van der Waals surface area contributed by atoms with Gasteiger partial charge in [-0.15, -0.1) is 0 Å². The van der Waals surface area contributed by atoms with Gasteiger partial charge in [0.15, 0.2) is 0 Å². The van der Waals surface area contributed by atoms with Gasteiger partial charge in [0.2, 0.25) is 0 Å². The van der Waals surface area contributed by atoms with Gasteiger partial charge in [0, 0.05) is 27.6 Å². The smallest absolute Gasteiger partial charge is 0.0715 e. The molecule has 0 saturated carbocycles. The van der Waals surface area contributed by atoms with Crippen LogP contribution in [0.5, 0.6) is 0 Å². The number of hydrogen-bond acceptors (Lipinski definition) is 1. The maximum Gasteiger partial charge on any atom is 0.0715 e. The third kappa shape index (κ3) is 4.60. The van der Waals surface area contributed by atoms with Crippen LogP contribution in [-0.2, 0) is 0 Å². The second kappa shape index (κ2) is 10.6. The summed E-state index contributed by atoms with van der Waals surface area (Å²) in [5.41, 5.74) is 12.4. The first-order valence-electron chi connectivity index (χ1n) is 14.6. The Hall–Kier alpha value is -5.73. The molecule has 2 nitrogen and oxygen atoms in total. The fourth-order valence-corrected chi connectivity index (χ4v) is 6.09. The molecule has 0 atom stereocenters. The highest BCUT2D eigenvalue weighted by atomic mass is 15.0. The number of aromatic nitrogens is 2. The molecule has 0 saturated heterocycles. The van der Waals surface area contributed by atoms with Gasteiger partial charge in [-0.2, -0.15) is 0 Å². The Morgan fingerprint density at radius 3 is 1.42 bits per heavy atom. The molecule has 8 rings (SSSR count). The van der Waals surface area contributed by atoms with Crippen molar-refractivity contribution in [3.8, 4) is 50.5 Å². The molecule has 0 aliphatic rings. The first kappa shape index (κ1) is 25.0. The van der Waals surface area contributed by atoms with Gasteiger partial charge in [0.1, 0.15) is 0 Å². The van der Waals surface area contributed by atoms with Gasteiger partial charge < -0.3 is 4.57 Å². The molecule has 2 heterocycles. The van der Waals surface area contributed by atoms with E-state index in [9.17, 15) is 0 Å². The fraction of sp³-hybridized carbons (Fsp3) is 0. The van der Waals surface area contributed by atoms with Crippen molar-refractivity contribution in [2.24, 2.45) is 0 Å². The largest absolute Gasteiger partial charge is 0.309 e. The summed E-state index contributed by atoms with van der Waals surface area (Å²) in [5, 5.41) is 2.54. The molecule has 0 aliphatic carbocycles. The minimum atomic E-state index is 0.964. The molecule has 0 unspecified atom stereocenters. The maximum atomic E-state index is 5.10. The molecular formula is C41H28N2. The van der Waals surface area contributed by atoms with Crippen LogP contribution in [0.25, 0.3) is 72.3 Å². The van der Waals surface area contributed by atoms with Crippen LogP contribution < -0.4 is 0 Å².